The van der Waals surface area contributed by atoms with Gasteiger partial charge in [-0.2, -0.15) is 0 Å². The van der Waals surface area contributed by atoms with Crippen LogP contribution in [-0.2, 0) is 4.74 Å². The van der Waals surface area contributed by atoms with Crippen LogP contribution in [0.3, 0.4) is 0 Å². The molecular weight excluding hydrogens is 254 g/mol. The average Bonchev–Trinajstić information content (AvgIpc) is 2.47. The highest BCUT2D eigenvalue weighted by atomic mass is 16.5. The molecule has 0 radical (unpaired) electrons. The molecule has 4 heteroatoms. The fourth-order valence-corrected chi connectivity index (χ4v) is 2.04. The van der Waals surface area contributed by atoms with Crippen LogP contribution in [0.25, 0.3) is 11.1 Å². The van der Waals surface area contributed by atoms with Gasteiger partial charge in [-0.05, 0) is 30.2 Å². The van der Waals surface area contributed by atoms with Crippen molar-refractivity contribution in [2.45, 2.75) is 6.92 Å². The molecule has 0 fully saturated rings. The van der Waals surface area contributed by atoms with Crippen LogP contribution in [0.5, 0.6) is 0 Å². The van der Waals surface area contributed by atoms with Crippen LogP contribution in [0.2, 0.25) is 0 Å². The van der Waals surface area contributed by atoms with Crippen molar-refractivity contribution in [3.8, 4) is 11.1 Å². The molecular formula is C16H15NO3. The molecule has 2 rings (SSSR count). The second-order valence-electron chi connectivity index (χ2n) is 4.18. The van der Waals surface area contributed by atoms with E-state index in [1.165, 1.54) is 0 Å². The first-order chi connectivity index (χ1) is 9.65. The number of benzene rings is 2. The smallest absolute Gasteiger partial charge is 0.338 e. The van der Waals surface area contributed by atoms with Crippen LogP contribution in [0, 0.1) is 0 Å². The second-order valence-corrected chi connectivity index (χ2v) is 4.18. The second kappa shape index (κ2) is 6.02. The van der Waals surface area contributed by atoms with Gasteiger partial charge in [0, 0.05) is 5.56 Å². The van der Waals surface area contributed by atoms with E-state index in [0.29, 0.717) is 28.9 Å². The van der Waals surface area contributed by atoms with Gasteiger partial charge in [-0.15, -0.1) is 0 Å². The van der Waals surface area contributed by atoms with Gasteiger partial charge in [-0.25, -0.2) is 4.79 Å². The standard InChI is InChI=1S/C16H15NO3/c1-2-20-16(19)14-10-6-4-8-12(14)11-7-3-5-9-13(11)15(17)18/h3-10H,2H2,1H3,(H2,17,18). The van der Waals surface area contributed by atoms with E-state index in [2.05, 4.69) is 0 Å². The molecule has 2 aromatic carbocycles. The minimum atomic E-state index is -0.528. The van der Waals surface area contributed by atoms with E-state index in [1.807, 2.05) is 0 Å². The summed E-state index contributed by atoms with van der Waals surface area (Å²) >= 11 is 0. The lowest BCUT2D eigenvalue weighted by atomic mass is 9.95. The number of hydrogen-bond donors (Lipinski definition) is 1. The predicted octanol–water partition coefficient (Wildman–Crippen LogP) is 2.63. The largest absolute Gasteiger partial charge is 0.462 e. The summed E-state index contributed by atoms with van der Waals surface area (Å²) < 4.78 is 5.04. The highest BCUT2D eigenvalue weighted by molar-refractivity contribution is 6.04. The summed E-state index contributed by atoms with van der Waals surface area (Å²) in [5, 5.41) is 0. The zero-order valence-electron chi connectivity index (χ0n) is 11.1. The zero-order chi connectivity index (χ0) is 14.5. The highest BCUT2D eigenvalue weighted by Gasteiger charge is 2.16. The Bertz CT molecular complexity index is 650. The third kappa shape index (κ3) is 2.69. The average molecular weight is 269 g/mol. The molecule has 1 amide bonds. The van der Waals surface area contributed by atoms with E-state index in [1.54, 1.807) is 55.5 Å². The summed E-state index contributed by atoms with van der Waals surface area (Å²) in [6.45, 7) is 2.04. The van der Waals surface area contributed by atoms with Crippen molar-refractivity contribution < 1.29 is 14.3 Å². The number of esters is 1. The number of nitrogens with two attached hydrogens (primary N) is 1. The van der Waals surface area contributed by atoms with Crippen molar-refractivity contribution in [2.75, 3.05) is 6.61 Å². The normalized spacial score (nSPS) is 10.1. The number of primary amides is 1. The Morgan fingerprint density at radius 1 is 0.950 bits per heavy atom. The molecule has 2 aromatic rings. The number of rotatable bonds is 4. The minimum absolute atomic E-state index is 0.296. The molecule has 0 saturated heterocycles. The third-order valence-electron chi connectivity index (χ3n) is 2.91. The first-order valence-electron chi connectivity index (χ1n) is 6.30. The summed E-state index contributed by atoms with van der Waals surface area (Å²) in [5.74, 6) is -0.943. The fraction of sp³-hybridized carbons (Fsp3) is 0.125. The summed E-state index contributed by atoms with van der Waals surface area (Å²) in [4.78, 5) is 23.5. The number of carbonyl (C=O) groups is 2. The molecule has 0 bridgehead atoms. The monoisotopic (exact) mass is 269 g/mol. The van der Waals surface area contributed by atoms with E-state index in [9.17, 15) is 9.59 Å². The summed E-state index contributed by atoms with van der Waals surface area (Å²) in [5.41, 5.74) is 7.45. The van der Waals surface area contributed by atoms with Crippen molar-refractivity contribution >= 4 is 11.9 Å². The minimum Gasteiger partial charge on any atom is -0.462 e. The van der Waals surface area contributed by atoms with Gasteiger partial charge in [0.25, 0.3) is 0 Å². The van der Waals surface area contributed by atoms with Crippen molar-refractivity contribution in [1.29, 1.82) is 0 Å². The lowest BCUT2D eigenvalue weighted by Crippen LogP contribution is -2.13. The van der Waals surface area contributed by atoms with Gasteiger partial charge < -0.3 is 10.5 Å². The molecule has 0 spiro atoms. The van der Waals surface area contributed by atoms with Gasteiger partial charge in [-0.1, -0.05) is 36.4 Å². The lowest BCUT2D eigenvalue weighted by Gasteiger charge is -2.11. The Balaban J connectivity index is 2.59. The van der Waals surface area contributed by atoms with Gasteiger partial charge in [-0.3, -0.25) is 4.79 Å². The summed E-state index contributed by atoms with van der Waals surface area (Å²) in [6.07, 6.45) is 0. The molecule has 0 aliphatic heterocycles. The predicted molar refractivity (Wildman–Crippen MR) is 76.4 cm³/mol. The van der Waals surface area contributed by atoms with Crippen LogP contribution >= 0.6 is 0 Å². The summed E-state index contributed by atoms with van der Waals surface area (Å²) in [7, 11) is 0. The zero-order valence-corrected chi connectivity index (χ0v) is 11.1. The Hall–Kier alpha value is -2.62. The Morgan fingerprint density at radius 3 is 2.00 bits per heavy atom. The SMILES string of the molecule is CCOC(=O)c1ccccc1-c1ccccc1C(N)=O. The highest BCUT2D eigenvalue weighted by Crippen LogP contribution is 2.27. The Kier molecular flexibility index (Phi) is 4.15. The molecule has 20 heavy (non-hydrogen) atoms. The van der Waals surface area contributed by atoms with Crippen LogP contribution < -0.4 is 5.73 Å². The molecule has 0 atom stereocenters. The van der Waals surface area contributed by atoms with E-state index < -0.39 is 11.9 Å². The van der Waals surface area contributed by atoms with E-state index >= 15 is 0 Å². The molecule has 0 heterocycles. The topological polar surface area (TPSA) is 69.4 Å². The van der Waals surface area contributed by atoms with Crippen LogP contribution in [0.4, 0.5) is 0 Å². The van der Waals surface area contributed by atoms with Crippen molar-refractivity contribution in [3.63, 3.8) is 0 Å². The molecule has 0 aliphatic carbocycles. The van der Waals surface area contributed by atoms with Crippen LogP contribution in [0.1, 0.15) is 27.6 Å². The van der Waals surface area contributed by atoms with E-state index in [0.717, 1.165) is 0 Å². The molecule has 0 unspecified atom stereocenters. The molecule has 0 aliphatic rings. The molecule has 4 nitrogen and oxygen atoms in total. The van der Waals surface area contributed by atoms with Crippen molar-refractivity contribution in [3.05, 3.63) is 59.7 Å². The number of ether oxygens (including phenoxy) is 1. The maximum atomic E-state index is 12.0. The van der Waals surface area contributed by atoms with Crippen molar-refractivity contribution in [1.82, 2.24) is 0 Å². The third-order valence-corrected chi connectivity index (χ3v) is 2.91. The molecule has 0 aromatic heterocycles. The maximum Gasteiger partial charge on any atom is 0.338 e. The van der Waals surface area contributed by atoms with Crippen LogP contribution in [-0.4, -0.2) is 18.5 Å². The molecule has 102 valence electrons. The van der Waals surface area contributed by atoms with Crippen molar-refractivity contribution in [2.24, 2.45) is 5.73 Å². The molecule has 0 saturated carbocycles. The van der Waals surface area contributed by atoms with Gasteiger partial charge >= 0.3 is 5.97 Å². The first kappa shape index (κ1) is 13.8. The summed E-state index contributed by atoms with van der Waals surface area (Å²) in [6, 6.07) is 13.9. The quantitative estimate of drug-likeness (QED) is 0.867. The Labute approximate surface area is 117 Å². The van der Waals surface area contributed by atoms with Gasteiger partial charge in [0.05, 0.1) is 12.2 Å². The van der Waals surface area contributed by atoms with Gasteiger partial charge in [0.1, 0.15) is 0 Å². The number of hydrogen-bond acceptors (Lipinski definition) is 3. The van der Waals surface area contributed by atoms with Crippen LogP contribution in [0.15, 0.2) is 48.5 Å². The Morgan fingerprint density at radius 2 is 1.45 bits per heavy atom. The van der Waals surface area contributed by atoms with Gasteiger partial charge in [0.2, 0.25) is 5.91 Å². The number of amides is 1. The lowest BCUT2D eigenvalue weighted by molar-refractivity contribution is 0.0527. The number of carbonyl (C=O) groups excluding carboxylic acids is 2. The molecule has 2 N–H and O–H groups in total. The fourth-order valence-electron chi connectivity index (χ4n) is 2.04. The van der Waals surface area contributed by atoms with Gasteiger partial charge in [0.15, 0.2) is 0 Å². The maximum absolute atomic E-state index is 12.0. The van der Waals surface area contributed by atoms with E-state index in [4.69, 9.17) is 10.5 Å². The van der Waals surface area contributed by atoms with E-state index in [-0.39, 0.29) is 0 Å². The first-order valence-corrected chi connectivity index (χ1v) is 6.30.